The molecule has 1 saturated carbocycles. The summed E-state index contributed by atoms with van der Waals surface area (Å²) in [6.07, 6.45) is 4.88. The molecule has 0 saturated heterocycles. The highest BCUT2D eigenvalue weighted by Gasteiger charge is 2.34. The molecule has 0 aliphatic heterocycles. The van der Waals surface area contributed by atoms with E-state index in [4.69, 9.17) is 5.26 Å². The number of nitriles is 2. The molecular weight excluding hydrogens is 258 g/mol. The van der Waals surface area contributed by atoms with Crippen LogP contribution in [0.3, 0.4) is 0 Å². The Kier molecular flexibility index (Phi) is 5.64. The third-order valence-electron chi connectivity index (χ3n) is 4.62. The Morgan fingerprint density at radius 1 is 1.19 bits per heavy atom. The number of anilines is 1. The second kappa shape index (κ2) is 7.70. The van der Waals surface area contributed by atoms with Crippen molar-refractivity contribution in [2.75, 3.05) is 11.4 Å². The SMILES string of the molecule is CCC1CCC(C#N)C(N(CCC#N)c2ccccc2)C1. The molecule has 0 heterocycles. The van der Waals surface area contributed by atoms with E-state index in [0.717, 1.165) is 24.9 Å². The van der Waals surface area contributed by atoms with E-state index in [0.29, 0.717) is 18.9 Å². The van der Waals surface area contributed by atoms with Crippen LogP contribution in [-0.2, 0) is 0 Å². The van der Waals surface area contributed by atoms with E-state index in [-0.39, 0.29) is 12.0 Å². The minimum absolute atomic E-state index is 0.0756. The molecule has 0 N–H and O–H groups in total. The molecule has 0 amide bonds. The number of benzene rings is 1. The Labute approximate surface area is 127 Å². The first-order chi connectivity index (χ1) is 10.3. The van der Waals surface area contributed by atoms with Gasteiger partial charge in [0.2, 0.25) is 0 Å². The Balaban J connectivity index is 2.25. The first kappa shape index (κ1) is 15.4. The van der Waals surface area contributed by atoms with E-state index in [1.807, 2.05) is 18.2 Å². The molecule has 1 aliphatic carbocycles. The minimum Gasteiger partial charge on any atom is -0.366 e. The molecule has 1 fully saturated rings. The first-order valence-corrected chi connectivity index (χ1v) is 7.88. The Morgan fingerprint density at radius 2 is 1.95 bits per heavy atom. The van der Waals surface area contributed by atoms with Crippen molar-refractivity contribution in [1.29, 1.82) is 10.5 Å². The lowest BCUT2D eigenvalue weighted by Gasteiger charge is -2.41. The summed E-state index contributed by atoms with van der Waals surface area (Å²) in [5.41, 5.74) is 1.13. The van der Waals surface area contributed by atoms with Crippen molar-refractivity contribution in [3.63, 3.8) is 0 Å². The summed E-state index contributed by atoms with van der Waals surface area (Å²) in [6, 6.07) is 15.2. The van der Waals surface area contributed by atoms with E-state index in [2.05, 4.69) is 36.1 Å². The van der Waals surface area contributed by atoms with Gasteiger partial charge in [-0.2, -0.15) is 10.5 Å². The predicted molar refractivity (Wildman–Crippen MR) is 84.5 cm³/mol. The molecule has 1 aromatic carbocycles. The fourth-order valence-electron chi connectivity index (χ4n) is 3.37. The second-order valence-corrected chi connectivity index (χ2v) is 5.83. The third kappa shape index (κ3) is 3.76. The second-order valence-electron chi connectivity index (χ2n) is 5.83. The van der Waals surface area contributed by atoms with Crippen molar-refractivity contribution in [2.24, 2.45) is 11.8 Å². The molecule has 0 aromatic heterocycles. The van der Waals surface area contributed by atoms with Crippen LogP contribution in [-0.4, -0.2) is 12.6 Å². The highest BCUT2D eigenvalue weighted by Crippen LogP contribution is 2.35. The minimum atomic E-state index is 0.0756. The lowest BCUT2D eigenvalue weighted by Crippen LogP contribution is -2.44. The Morgan fingerprint density at radius 3 is 2.57 bits per heavy atom. The van der Waals surface area contributed by atoms with Gasteiger partial charge in [-0.3, -0.25) is 0 Å². The topological polar surface area (TPSA) is 50.8 Å². The summed E-state index contributed by atoms with van der Waals surface area (Å²) in [7, 11) is 0. The van der Waals surface area contributed by atoms with Gasteiger partial charge in [-0.05, 0) is 37.3 Å². The molecule has 3 unspecified atom stereocenters. The van der Waals surface area contributed by atoms with Gasteiger partial charge in [-0.15, -0.1) is 0 Å². The zero-order chi connectivity index (χ0) is 15.1. The lowest BCUT2D eigenvalue weighted by molar-refractivity contribution is 0.260. The zero-order valence-electron chi connectivity index (χ0n) is 12.7. The van der Waals surface area contributed by atoms with Gasteiger partial charge in [0.05, 0.1) is 24.5 Å². The largest absolute Gasteiger partial charge is 0.366 e. The van der Waals surface area contributed by atoms with Crippen LogP contribution in [0.2, 0.25) is 0 Å². The van der Waals surface area contributed by atoms with Gasteiger partial charge < -0.3 is 4.90 Å². The number of hydrogen-bond donors (Lipinski definition) is 0. The highest BCUT2D eigenvalue weighted by molar-refractivity contribution is 5.48. The quantitative estimate of drug-likeness (QED) is 0.815. The standard InChI is InChI=1S/C18H23N3/c1-2-15-9-10-16(14-20)18(13-15)21(12-6-11-19)17-7-4-3-5-8-17/h3-5,7-8,15-16,18H,2,6,9-10,12-13H2,1H3. The van der Waals surface area contributed by atoms with E-state index in [1.165, 1.54) is 6.42 Å². The maximum atomic E-state index is 9.50. The highest BCUT2D eigenvalue weighted by atomic mass is 15.2. The van der Waals surface area contributed by atoms with Gasteiger partial charge in [0.25, 0.3) is 0 Å². The van der Waals surface area contributed by atoms with Gasteiger partial charge in [-0.1, -0.05) is 31.5 Å². The summed E-state index contributed by atoms with van der Waals surface area (Å²) in [6.45, 7) is 2.94. The van der Waals surface area contributed by atoms with Gasteiger partial charge >= 0.3 is 0 Å². The van der Waals surface area contributed by atoms with Crippen molar-refractivity contribution in [3.8, 4) is 12.1 Å². The van der Waals surface area contributed by atoms with Crippen molar-refractivity contribution in [3.05, 3.63) is 30.3 Å². The average Bonchev–Trinajstić information content (AvgIpc) is 2.56. The summed E-state index contributed by atoms with van der Waals surface area (Å²) in [4.78, 5) is 2.29. The summed E-state index contributed by atoms with van der Waals surface area (Å²) >= 11 is 0. The summed E-state index contributed by atoms with van der Waals surface area (Å²) in [5.74, 6) is 0.777. The summed E-state index contributed by atoms with van der Waals surface area (Å²) in [5, 5.41) is 18.4. The molecular formula is C18H23N3. The van der Waals surface area contributed by atoms with Gasteiger partial charge in [0, 0.05) is 18.3 Å². The Bertz CT molecular complexity index is 512. The predicted octanol–water partition coefficient (Wildman–Crippen LogP) is 4.13. The molecule has 0 spiro atoms. The van der Waals surface area contributed by atoms with Gasteiger partial charge in [0.15, 0.2) is 0 Å². The van der Waals surface area contributed by atoms with Crippen LogP contribution in [0.15, 0.2) is 30.3 Å². The van der Waals surface area contributed by atoms with Crippen LogP contribution in [0.4, 0.5) is 5.69 Å². The van der Waals surface area contributed by atoms with E-state index < -0.39 is 0 Å². The Hall–Kier alpha value is -2.00. The van der Waals surface area contributed by atoms with Gasteiger partial charge in [0.1, 0.15) is 0 Å². The number of hydrogen-bond acceptors (Lipinski definition) is 3. The molecule has 3 heteroatoms. The van der Waals surface area contributed by atoms with Crippen LogP contribution in [0.5, 0.6) is 0 Å². The maximum Gasteiger partial charge on any atom is 0.0677 e. The molecule has 3 atom stereocenters. The molecule has 0 bridgehead atoms. The number of rotatable bonds is 5. The van der Waals surface area contributed by atoms with Crippen LogP contribution < -0.4 is 4.90 Å². The number of nitrogens with zero attached hydrogens (tertiary/aromatic N) is 3. The van der Waals surface area contributed by atoms with Crippen molar-refractivity contribution in [1.82, 2.24) is 0 Å². The van der Waals surface area contributed by atoms with Crippen LogP contribution in [0.1, 0.15) is 39.0 Å². The molecule has 1 aromatic rings. The van der Waals surface area contributed by atoms with Crippen LogP contribution in [0.25, 0.3) is 0 Å². The molecule has 2 rings (SSSR count). The van der Waals surface area contributed by atoms with Crippen molar-refractivity contribution < 1.29 is 0 Å². The van der Waals surface area contributed by atoms with Gasteiger partial charge in [-0.25, -0.2) is 0 Å². The lowest BCUT2D eigenvalue weighted by atomic mass is 9.77. The van der Waals surface area contributed by atoms with Crippen molar-refractivity contribution in [2.45, 2.75) is 45.1 Å². The van der Waals surface area contributed by atoms with E-state index in [1.54, 1.807) is 0 Å². The molecule has 3 nitrogen and oxygen atoms in total. The fourth-order valence-corrected chi connectivity index (χ4v) is 3.37. The fraction of sp³-hybridized carbons (Fsp3) is 0.556. The van der Waals surface area contributed by atoms with Crippen LogP contribution >= 0.6 is 0 Å². The molecule has 110 valence electrons. The first-order valence-electron chi connectivity index (χ1n) is 7.88. The van der Waals surface area contributed by atoms with Crippen LogP contribution in [0, 0.1) is 34.5 Å². The normalized spacial score (nSPS) is 24.8. The molecule has 1 aliphatic rings. The third-order valence-corrected chi connectivity index (χ3v) is 4.62. The number of para-hydroxylation sites is 1. The van der Waals surface area contributed by atoms with Crippen molar-refractivity contribution >= 4 is 5.69 Å². The summed E-state index contributed by atoms with van der Waals surface area (Å²) < 4.78 is 0. The maximum absolute atomic E-state index is 9.50. The molecule has 0 radical (unpaired) electrons. The van der Waals surface area contributed by atoms with E-state index in [9.17, 15) is 5.26 Å². The average molecular weight is 281 g/mol. The smallest absolute Gasteiger partial charge is 0.0677 e. The van der Waals surface area contributed by atoms with E-state index >= 15 is 0 Å². The molecule has 21 heavy (non-hydrogen) atoms. The zero-order valence-corrected chi connectivity index (χ0v) is 12.7. The monoisotopic (exact) mass is 281 g/mol.